The zero-order valence-corrected chi connectivity index (χ0v) is 10.2. The topological polar surface area (TPSA) is 92.4 Å². The summed E-state index contributed by atoms with van der Waals surface area (Å²) in [5.41, 5.74) is 5.16. The molecular formula is C12H22N2O3. The minimum absolute atomic E-state index is 0.00936. The number of carbonyl (C=O) groups excluding carboxylic acids is 1. The van der Waals surface area contributed by atoms with E-state index >= 15 is 0 Å². The van der Waals surface area contributed by atoms with Gasteiger partial charge in [0.15, 0.2) is 0 Å². The Kier molecular flexibility index (Phi) is 5.41. The number of amides is 1. The zero-order valence-electron chi connectivity index (χ0n) is 10.2. The molecule has 0 heterocycles. The summed E-state index contributed by atoms with van der Waals surface area (Å²) < 4.78 is 0. The third-order valence-electron chi connectivity index (χ3n) is 3.46. The molecule has 98 valence electrons. The van der Waals surface area contributed by atoms with Gasteiger partial charge in [-0.1, -0.05) is 6.42 Å². The first-order valence-corrected chi connectivity index (χ1v) is 6.26. The van der Waals surface area contributed by atoms with Crippen molar-refractivity contribution in [2.45, 2.75) is 44.9 Å². The molecule has 0 atom stereocenters. The van der Waals surface area contributed by atoms with Crippen molar-refractivity contribution in [3.05, 3.63) is 0 Å². The molecule has 5 nitrogen and oxygen atoms in total. The fourth-order valence-electron chi connectivity index (χ4n) is 2.22. The Morgan fingerprint density at radius 1 is 1.29 bits per heavy atom. The van der Waals surface area contributed by atoms with E-state index < -0.39 is 5.97 Å². The molecule has 0 aromatic carbocycles. The first kappa shape index (κ1) is 14.0. The molecule has 1 saturated carbocycles. The molecular weight excluding hydrogens is 220 g/mol. The van der Waals surface area contributed by atoms with E-state index in [9.17, 15) is 9.59 Å². The highest BCUT2D eigenvalue weighted by atomic mass is 16.4. The van der Waals surface area contributed by atoms with Gasteiger partial charge >= 0.3 is 5.97 Å². The van der Waals surface area contributed by atoms with Gasteiger partial charge in [0.1, 0.15) is 0 Å². The average Bonchev–Trinajstić information content (AvgIpc) is 2.22. The number of aliphatic carboxylic acids is 1. The second kappa shape index (κ2) is 6.59. The minimum atomic E-state index is -0.776. The second-order valence-electron chi connectivity index (χ2n) is 4.95. The van der Waals surface area contributed by atoms with Crippen LogP contribution in [0.1, 0.15) is 44.9 Å². The highest BCUT2D eigenvalue weighted by molar-refractivity contribution is 5.76. The molecule has 1 rings (SSSR count). The van der Waals surface area contributed by atoms with Crippen LogP contribution in [0, 0.1) is 5.41 Å². The predicted octanol–water partition coefficient (Wildman–Crippen LogP) is 0.877. The number of carboxylic acid groups (broad SMARTS) is 1. The van der Waals surface area contributed by atoms with Gasteiger partial charge in [-0.2, -0.15) is 0 Å². The van der Waals surface area contributed by atoms with Gasteiger partial charge in [0.05, 0.1) is 6.42 Å². The molecule has 1 fully saturated rings. The molecule has 0 saturated heterocycles. The Hall–Kier alpha value is -1.10. The lowest BCUT2D eigenvalue weighted by Crippen LogP contribution is -2.43. The summed E-state index contributed by atoms with van der Waals surface area (Å²) >= 11 is 0. The number of hydrogen-bond acceptors (Lipinski definition) is 3. The van der Waals surface area contributed by atoms with E-state index in [1.807, 2.05) is 0 Å². The lowest BCUT2D eigenvalue weighted by molar-refractivity contribution is -0.141. The number of carbonyl (C=O) groups is 2. The van der Waals surface area contributed by atoms with Crippen LogP contribution < -0.4 is 11.1 Å². The Bertz CT molecular complexity index is 275. The van der Waals surface area contributed by atoms with Gasteiger partial charge < -0.3 is 16.2 Å². The van der Waals surface area contributed by atoms with Gasteiger partial charge in [0, 0.05) is 13.0 Å². The third-order valence-corrected chi connectivity index (χ3v) is 3.46. The predicted molar refractivity (Wildman–Crippen MR) is 64.5 cm³/mol. The Morgan fingerprint density at radius 3 is 2.47 bits per heavy atom. The molecule has 0 aliphatic heterocycles. The molecule has 0 spiro atoms. The quantitative estimate of drug-likeness (QED) is 0.551. The minimum Gasteiger partial charge on any atom is -0.481 e. The molecule has 0 radical (unpaired) electrons. The van der Waals surface area contributed by atoms with Crippen molar-refractivity contribution in [1.29, 1.82) is 0 Å². The summed E-state index contributed by atoms with van der Waals surface area (Å²) in [6.45, 7) is 1.11. The smallest absolute Gasteiger partial charge is 0.303 e. The summed E-state index contributed by atoms with van der Waals surface area (Å²) in [6, 6.07) is 0. The lowest BCUT2D eigenvalue weighted by atomic mass is 9.66. The van der Waals surface area contributed by atoms with Gasteiger partial charge in [-0.15, -0.1) is 0 Å². The first-order valence-electron chi connectivity index (χ1n) is 6.26. The molecule has 1 aliphatic carbocycles. The molecule has 17 heavy (non-hydrogen) atoms. The maximum Gasteiger partial charge on any atom is 0.303 e. The van der Waals surface area contributed by atoms with E-state index in [-0.39, 0.29) is 17.7 Å². The van der Waals surface area contributed by atoms with E-state index in [1.54, 1.807) is 0 Å². The van der Waals surface area contributed by atoms with Crippen molar-refractivity contribution >= 4 is 11.9 Å². The van der Waals surface area contributed by atoms with Crippen LogP contribution in [-0.2, 0) is 9.59 Å². The van der Waals surface area contributed by atoms with Crippen LogP contribution in [0.3, 0.4) is 0 Å². The Balaban J connectivity index is 2.23. The second-order valence-corrected chi connectivity index (χ2v) is 4.95. The molecule has 5 heteroatoms. The highest BCUT2D eigenvalue weighted by Crippen LogP contribution is 2.43. The van der Waals surface area contributed by atoms with E-state index in [4.69, 9.17) is 10.8 Å². The van der Waals surface area contributed by atoms with E-state index in [0.29, 0.717) is 19.5 Å². The zero-order chi connectivity index (χ0) is 12.7. The van der Waals surface area contributed by atoms with Crippen LogP contribution in [0.25, 0.3) is 0 Å². The van der Waals surface area contributed by atoms with E-state index in [1.165, 1.54) is 0 Å². The van der Waals surface area contributed by atoms with Crippen molar-refractivity contribution in [2.75, 3.05) is 13.1 Å². The van der Waals surface area contributed by atoms with E-state index in [2.05, 4.69) is 5.32 Å². The lowest BCUT2D eigenvalue weighted by Gasteiger charge is -2.40. The standard InChI is InChI=1S/C12H22N2O3/c13-7-2-1-4-10(15)14-9-12(5-3-6-12)8-11(16)17/h1-9,13H2,(H,14,15)(H,16,17). The number of rotatable bonds is 8. The Morgan fingerprint density at radius 2 is 2.00 bits per heavy atom. The van der Waals surface area contributed by atoms with Gasteiger partial charge in [0.2, 0.25) is 5.91 Å². The average molecular weight is 242 g/mol. The Labute approximate surface area is 102 Å². The van der Waals surface area contributed by atoms with Gasteiger partial charge in [0.25, 0.3) is 0 Å². The van der Waals surface area contributed by atoms with E-state index in [0.717, 1.165) is 32.1 Å². The summed E-state index contributed by atoms with van der Waals surface area (Å²) in [7, 11) is 0. The van der Waals surface area contributed by atoms with Crippen molar-refractivity contribution in [2.24, 2.45) is 11.1 Å². The molecule has 0 bridgehead atoms. The number of hydrogen-bond donors (Lipinski definition) is 3. The number of carboxylic acids is 1. The van der Waals surface area contributed by atoms with Crippen LogP contribution in [0.15, 0.2) is 0 Å². The SMILES string of the molecule is NCCCCC(=O)NCC1(CC(=O)O)CCC1. The third kappa shape index (κ3) is 4.73. The van der Waals surface area contributed by atoms with Crippen molar-refractivity contribution in [3.8, 4) is 0 Å². The maximum atomic E-state index is 11.5. The van der Waals surface area contributed by atoms with Gasteiger partial charge in [-0.3, -0.25) is 9.59 Å². The number of nitrogens with one attached hydrogen (secondary N) is 1. The van der Waals surface area contributed by atoms with Crippen molar-refractivity contribution in [1.82, 2.24) is 5.32 Å². The summed E-state index contributed by atoms with van der Waals surface area (Å²) in [4.78, 5) is 22.2. The molecule has 1 amide bonds. The van der Waals surface area contributed by atoms with Gasteiger partial charge in [-0.05, 0) is 37.6 Å². The monoisotopic (exact) mass is 242 g/mol. The fourth-order valence-corrected chi connectivity index (χ4v) is 2.22. The first-order chi connectivity index (χ1) is 8.08. The number of unbranched alkanes of at least 4 members (excludes halogenated alkanes) is 1. The summed E-state index contributed by atoms with van der Waals surface area (Å²) in [5.74, 6) is -0.766. The molecule has 0 aromatic heterocycles. The number of nitrogens with two attached hydrogens (primary N) is 1. The molecule has 0 unspecified atom stereocenters. The molecule has 4 N–H and O–H groups in total. The maximum absolute atomic E-state index is 11.5. The normalized spacial score (nSPS) is 17.2. The summed E-state index contributed by atoms with van der Waals surface area (Å²) in [6.07, 6.45) is 5.18. The van der Waals surface area contributed by atoms with Crippen LogP contribution in [-0.4, -0.2) is 30.1 Å². The van der Waals surface area contributed by atoms with Gasteiger partial charge in [-0.25, -0.2) is 0 Å². The van der Waals surface area contributed by atoms with Crippen molar-refractivity contribution in [3.63, 3.8) is 0 Å². The largest absolute Gasteiger partial charge is 0.481 e. The fraction of sp³-hybridized carbons (Fsp3) is 0.833. The van der Waals surface area contributed by atoms with Crippen LogP contribution in [0.2, 0.25) is 0 Å². The molecule has 0 aromatic rings. The van der Waals surface area contributed by atoms with Crippen molar-refractivity contribution < 1.29 is 14.7 Å². The van der Waals surface area contributed by atoms with Crippen LogP contribution in [0.4, 0.5) is 0 Å². The molecule has 1 aliphatic rings. The summed E-state index contributed by atoms with van der Waals surface area (Å²) in [5, 5.41) is 11.7. The van der Waals surface area contributed by atoms with Crippen LogP contribution >= 0.6 is 0 Å². The van der Waals surface area contributed by atoms with Crippen LogP contribution in [0.5, 0.6) is 0 Å². The highest BCUT2D eigenvalue weighted by Gasteiger charge is 2.39.